The van der Waals surface area contributed by atoms with Crippen molar-refractivity contribution in [1.29, 1.82) is 0 Å². The molecule has 0 bridgehead atoms. The number of rotatable bonds is 10. The third-order valence-electron chi connectivity index (χ3n) is 11.0. The first-order valence-corrected chi connectivity index (χ1v) is 26.6. The van der Waals surface area contributed by atoms with Crippen LogP contribution in [-0.2, 0) is 43.2 Å². The Morgan fingerprint density at radius 3 is 1.26 bits per heavy atom. The summed E-state index contributed by atoms with van der Waals surface area (Å²) >= 11 is 3.34. The van der Waals surface area contributed by atoms with Gasteiger partial charge in [0.2, 0.25) is 0 Å². The second kappa shape index (κ2) is 21.8. The Morgan fingerprint density at radius 1 is 0.486 bits per heavy atom. The van der Waals surface area contributed by atoms with Gasteiger partial charge in [0.15, 0.2) is 19.7 Å². The number of nitrogens with zero attached hydrogens (tertiary/aromatic N) is 4. The number of hydrogen-bond donors (Lipinski definition) is 4. The standard InChI is InChI=1S/C26H23F3N2O3S.C19H16BrF3N2O.C7H9BO4S/c1-25(2,32)24-16-23(31(30-24)22-10-5-4-9-21(22)26(27,28)29)18-13-11-17(12-14-18)19-7-6-8-20(15-19)35(3,33)34;1-18(2,26)17-11-16(12-7-9-13(20)10-8-12)25(24-17)15-6-4-3-5-14(15)19(21,22)23;1-13(11,12)7-4-2-3-6(5-7)8(9)10/h4-16,32H,1-3H3;3-11,26H,1-2H3;2-5,9-10H,1H3. The van der Waals surface area contributed by atoms with Crippen molar-refractivity contribution < 1.29 is 63.4 Å². The predicted molar refractivity (Wildman–Crippen MR) is 274 cm³/mol. The topological polar surface area (TPSA) is 185 Å². The Labute approximate surface area is 432 Å². The quantitative estimate of drug-likeness (QED) is 0.0759. The summed E-state index contributed by atoms with van der Waals surface area (Å²) in [5.74, 6) is 0. The van der Waals surface area contributed by atoms with E-state index >= 15 is 0 Å². The lowest BCUT2D eigenvalue weighted by molar-refractivity contribution is -0.138. The summed E-state index contributed by atoms with van der Waals surface area (Å²) in [7, 11) is -8.29. The highest BCUT2D eigenvalue weighted by atomic mass is 79.9. The molecule has 4 N–H and O–H groups in total. The summed E-state index contributed by atoms with van der Waals surface area (Å²) in [6.07, 6.45) is -6.91. The molecule has 6 aromatic carbocycles. The molecule has 22 heteroatoms. The molecule has 2 heterocycles. The van der Waals surface area contributed by atoms with Gasteiger partial charge in [-0.1, -0.05) is 101 Å². The van der Waals surface area contributed by atoms with Crippen molar-refractivity contribution in [3.8, 4) is 45.0 Å². The molecule has 74 heavy (non-hydrogen) atoms. The highest BCUT2D eigenvalue weighted by molar-refractivity contribution is 9.10. The maximum atomic E-state index is 13.7. The lowest BCUT2D eigenvalue weighted by Gasteiger charge is -2.16. The molecule has 12 nitrogen and oxygen atoms in total. The number of alkyl halides is 6. The first kappa shape index (κ1) is 56.9. The average Bonchev–Trinajstić information content (AvgIpc) is 3.99. The molecule has 0 aliphatic carbocycles. The van der Waals surface area contributed by atoms with Crippen LogP contribution >= 0.6 is 15.9 Å². The van der Waals surface area contributed by atoms with Crippen LogP contribution < -0.4 is 5.46 Å². The van der Waals surface area contributed by atoms with Crippen LogP contribution in [0.4, 0.5) is 26.3 Å². The Kier molecular flexibility index (Phi) is 16.8. The molecule has 0 fully saturated rings. The normalized spacial score (nSPS) is 12.3. The largest absolute Gasteiger partial charge is 0.488 e. The number of para-hydroxylation sites is 2. The third-order valence-corrected chi connectivity index (χ3v) is 13.8. The van der Waals surface area contributed by atoms with Crippen molar-refractivity contribution in [3.05, 3.63) is 185 Å². The Morgan fingerprint density at radius 2 is 0.865 bits per heavy atom. The maximum Gasteiger partial charge on any atom is 0.488 e. The molecule has 0 amide bonds. The van der Waals surface area contributed by atoms with Gasteiger partial charge in [0.1, 0.15) is 11.2 Å². The highest BCUT2D eigenvalue weighted by Crippen LogP contribution is 2.39. The molecule has 8 rings (SSSR count). The zero-order chi connectivity index (χ0) is 54.8. The highest BCUT2D eigenvalue weighted by Gasteiger charge is 2.36. The molecule has 0 saturated carbocycles. The van der Waals surface area contributed by atoms with E-state index < -0.39 is 61.5 Å². The second-order valence-corrected chi connectivity index (χ2v) is 22.9. The minimum Gasteiger partial charge on any atom is -0.423 e. The molecule has 0 spiro atoms. The molecule has 2 aromatic heterocycles. The molecule has 0 saturated heterocycles. The van der Waals surface area contributed by atoms with Gasteiger partial charge in [-0.3, -0.25) is 0 Å². The van der Waals surface area contributed by atoms with Gasteiger partial charge in [-0.15, -0.1) is 0 Å². The lowest BCUT2D eigenvalue weighted by Crippen LogP contribution is -2.30. The van der Waals surface area contributed by atoms with Gasteiger partial charge in [0.05, 0.1) is 55.1 Å². The zero-order valence-electron chi connectivity index (χ0n) is 40.3. The molecule has 0 aliphatic rings. The van der Waals surface area contributed by atoms with E-state index in [-0.39, 0.29) is 38.0 Å². The van der Waals surface area contributed by atoms with Crippen molar-refractivity contribution in [2.75, 3.05) is 12.5 Å². The minimum atomic E-state index is -4.59. The number of hydrogen-bond acceptors (Lipinski definition) is 10. The Hall–Kier alpha value is -6.40. The fourth-order valence-electron chi connectivity index (χ4n) is 7.20. The zero-order valence-corrected chi connectivity index (χ0v) is 43.5. The van der Waals surface area contributed by atoms with E-state index in [0.29, 0.717) is 28.1 Å². The van der Waals surface area contributed by atoms with Crippen molar-refractivity contribution in [2.24, 2.45) is 0 Å². The van der Waals surface area contributed by atoms with E-state index in [1.165, 1.54) is 89.9 Å². The summed E-state index contributed by atoms with van der Waals surface area (Å²) in [6, 6.07) is 39.7. The summed E-state index contributed by atoms with van der Waals surface area (Å²) < 4.78 is 131. The van der Waals surface area contributed by atoms with Crippen molar-refractivity contribution >= 4 is 48.2 Å². The van der Waals surface area contributed by atoms with Gasteiger partial charge < -0.3 is 20.3 Å². The summed E-state index contributed by atoms with van der Waals surface area (Å²) in [5, 5.41) is 46.9. The predicted octanol–water partition coefficient (Wildman–Crippen LogP) is 10.2. The fraction of sp³-hybridized carbons (Fsp3) is 0.192. The van der Waals surface area contributed by atoms with E-state index in [4.69, 9.17) is 10.0 Å². The summed E-state index contributed by atoms with van der Waals surface area (Å²) in [5.41, 5.74) is -0.348. The van der Waals surface area contributed by atoms with Gasteiger partial charge in [0.25, 0.3) is 0 Å². The monoisotopic (exact) mass is 1120 g/mol. The first-order chi connectivity index (χ1) is 34.2. The van der Waals surface area contributed by atoms with Gasteiger partial charge in [-0.05, 0) is 117 Å². The van der Waals surface area contributed by atoms with Crippen LogP contribution in [0.2, 0.25) is 0 Å². The van der Waals surface area contributed by atoms with Crippen LogP contribution in [0.3, 0.4) is 0 Å². The molecule has 388 valence electrons. The number of aliphatic hydroxyl groups is 2. The van der Waals surface area contributed by atoms with Crippen LogP contribution in [0.1, 0.15) is 50.2 Å². The summed E-state index contributed by atoms with van der Waals surface area (Å²) in [6.45, 7) is 6.11. The Bertz CT molecular complexity index is 3500. The van der Waals surface area contributed by atoms with E-state index in [1.54, 1.807) is 92.7 Å². The van der Waals surface area contributed by atoms with Gasteiger partial charge in [-0.25, -0.2) is 26.2 Å². The smallest absolute Gasteiger partial charge is 0.423 e. The molecular formula is C52H48BBrF6N4O8S2. The second-order valence-electron chi connectivity index (χ2n) is 17.9. The van der Waals surface area contributed by atoms with Crippen LogP contribution in [0.15, 0.2) is 172 Å². The first-order valence-electron chi connectivity index (χ1n) is 22.1. The van der Waals surface area contributed by atoms with E-state index in [0.717, 1.165) is 34.7 Å². The van der Waals surface area contributed by atoms with Crippen molar-refractivity contribution in [3.63, 3.8) is 0 Å². The molecule has 0 radical (unpaired) electrons. The summed E-state index contributed by atoms with van der Waals surface area (Å²) in [4.78, 5) is 0.272. The maximum absolute atomic E-state index is 13.7. The van der Waals surface area contributed by atoms with Gasteiger partial charge >= 0.3 is 19.5 Å². The van der Waals surface area contributed by atoms with E-state index in [1.807, 2.05) is 0 Å². The average molecular weight is 1130 g/mol. The van der Waals surface area contributed by atoms with Crippen molar-refractivity contribution in [1.82, 2.24) is 19.6 Å². The Balaban J connectivity index is 0.000000200. The lowest BCUT2D eigenvalue weighted by atomic mass is 9.80. The van der Waals surface area contributed by atoms with E-state index in [2.05, 4.69) is 26.1 Å². The minimum absolute atomic E-state index is 0.0816. The van der Waals surface area contributed by atoms with Crippen molar-refractivity contribution in [2.45, 2.75) is 61.0 Å². The van der Waals surface area contributed by atoms with Crippen LogP contribution in [0.25, 0.3) is 45.0 Å². The van der Waals surface area contributed by atoms with Crippen LogP contribution in [-0.4, -0.2) is 76.3 Å². The SMILES string of the molecule is CC(C)(O)c1cc(-c2ccc(-c3cccc(S(C)(=O)=O)c3)cc2)n(-c2ccccc2C(F)(F)F)n1.CC(C)(O)c1cc(-c2ccc(Br)cc2)n(-c2ccccc2C(F)(F)F)n1.CS(=O)(=O)c1cccc(B(O)O)c1. The molecule has 8 aromatic rings. The molecule has 0 atom stereocenters. The molecule has 0 aliphatic heterocycles. The number of halogens is 7. The number of aromatic nitrogens is 4. The van der Waals surface area contributed by atoms with Crippen LogP contribution in [0.5, 0.6) is 0 Å². The molecule has 0 unspecified atom stereocenters. The van der Waals surface area contributed by atoms with E-state index in [9.17, 15) is 53.4 Å². The molecular weight excluding hydrogens is 1080 g/mol. The number of sulfone groups is 2. The van der Waals surface area contributed by atoms with Gasteiger partial charge in [0, 0.05) is 28.1 Å². The number of benzene rings is 6. The van der Waals surface area contributed by atoms with Crippen LogP contribution in [0, 0.1) is 0 Å². The third kappa shape index (κ3) is 14.0. The fourth-order valence-corrected chi connectivity index (χ4v) is 8.81. The van der Waals surface area contributed by atoms with Gasteiger partial charge in [-0.2, -0.15) is 36.5 Å².